The maximum absolute atomic E-state index is 12.4. The number of carbonyl (C=O) groups excluding carboxylic acids is 1. The lowest BCUT2D eigenvalue weighted by atomic mass is 10.1. The van der Waals surface area contributed by atoms with Crippen molar-refractivity contribution in [3.05, 3.63) is 47.7 Å². The summed E-state index contributed by atoms with van der Waals surface area (Å²) in [7, 11) is 0. The second kappa shape index (κ2) is 7.45. The molecular formula is C17H20N2O3. The average molecular weight is 300 g/mol. The van der Waals surface area contributed by atoms with Gasteiger partial charge in [-0.05, 0) is 44.5 Å². The van der Waals surface area contributed by atoms with Gasteiger partial charge < -0.3 is 14.8 Å². The molecule has 5 heteroatoms. The normalized spacial score (nSPS) is 10.1. The fourth-order valence-corrected chi connectivity index (χ4v) is 2.00. The molecule has 2 rings (SSSR count). The molecule has 0 unspecified atom stereocenters. The van der Waals surface area contributed by atoms with E-state index in [2.05, 4.69) is 10.3 Å². The molecule has 1 aromatic heterocycles. The van der Waals surface area contributed by atoms with Gasteiger partial charge in [-0.1, -0.05) is 6.07 Å². The van der Waals surface area contributed by atoms with Gasteiger partial charge in [0.1, 0.15) is 17.3 Å². The predicted octanol–water partition coefficient (Wildman–Crippen LogP) is 3.44. The summed E-state index contributed by atoms with van der Waals surface area (Å²) >= 11 is 0. The smallest absolute Gasteiger partial charge is 0.257 e. The van der Waals surface area contributed by atoms with Crippen molar-refractivity contribution >= 4 is 11.7 Å². The van der Waals surface area contributed by atoms with Crippen molar-refractivity contribution in [1.82, 2.24) is 4.98 Å². The van der Waals surface area contributed by atoms with Gasteiger partial charge >= 0.3 is 0 Å². The number of nitrogens with zero attached hydrogens (tertiary/aromatic N) is 1. The molecule has 0 atom stereocenters. The molecule has 0 aliphatic rings. The standard InChI is InChI=1S/C17H20N2O3/c1-4-21-14-9-13(10-15(11-14)22-5-2)17(20)19-16-12(3)7-6-8-18-16/h6-11H,4-5H2,1-3H3,(H,18,19,20). The van der Waals surface area contributed by atoms with Crippen molar-refractivity contribution < 1.29 is 14.3 Å². The van der Waals surface area contributed by atoms with E-state index in [1.165, 1.54) is 0 Å². The third-order valence-corrected chi connectivity index (χ3v) is 3.01. The number of hydrogen-bond donors (Lipinski definition) is 1. The number of rotatable bonds is 6. The lowest BCUT2D eigenvalue weighted by Gasteiger charge is -2.11. The second-order valence-corrected chi connectivity index (χ2v) is 4.68. The van der Waals surface area contributed by atoms with E-state index in [9.17, 15) is 4.79 Å². The molecule has 2 aromatic rings. The van der Waals surface area contributed by atoms with E-state index < -0.39 is 0 Å². The first-order valence-electron chi connectivity index (χ1n) is 7.27. The summed E-state index contributed by atoms with van der Waals surface area (Å²) in [6.07, 6.45) is 1.64. The minimum Gasteiger partial charge on any atom is -0.494 e. The number of aryl methyl sites for hydroxylation is 1. The summed E-state index contributed by atoms with van der Waals surface area (Å²) in [5.41, 5.74) is 1.38. The Balaban J connectivity index is 2.26. The number of hydrogen-bond acceptors (Lipinski definition) is 4. The Kier molecular flexibility index (Phi) is 5.36. The van der Waals surface area contributed by atoms with E-state index in [4.69, 9.17) is 9.47 Å². The summed E-state index contributed by atoms with van der Waals surface area (Å²) in [6.45, 7) is 6.73. The molecule has 5 nitrogen and oxygen atoms in total. The Morgan fingerprint density at radius 1 is 1.14 bits per heavy atom. The lowest BCUT2D eigenvalue weighted by molar-refractivity contribution is 0.102. The number of amides is 1. The van der Waals surface area contributed by atoms with Gasteiger partial charge in [-0.25, -0.2) is 4.98 Å². The first-order chi connectivity index (χ1) is 10.6. The second-order valence-electron chi connectivity index (χ2n) is 4.68. The van der Waals surface area contributed by atoms with E-state index in [0.717, 1.165) is 5.56 Å². The zero-order valence-corrected chi connectivity index (χ0v) is 13.1. The van der Waals surface area contributed by atoms with Crippen LogP contribution in [0, 0.1) is 6.92 Å². The third kappa shape index (κ3) is 3.97. The van der Waals surface area contributed by atoms with E-state index in [-0.39, 0.29) is 5.91 Å². The summed E-state index contributed by atoms with van der Waals surface area (Å²) in [6, 6.07) is 8.88. The zero-order valence-electron chi connectivity index (χ0n) is 13.1. The van der Waals surface area contributed by atoms with Crippen molar-refractivity contribution in [2.45, 2.75) is 20.8 Å². The van der Waals surface area contributed by atoms with Crippen LogP contribution in [-0.4, -0.2) is 24.1 Å². The van der Waals surface area contributed by atoms with Crippen molar-refractivity contribution in [3.8, 4) is 11.5 Å². The molecule has 1 aromatic carbocycles. The molecule has 1 heterocycles. The Morgan fingerprint density at radius 2 is 1.77 bits per heavy atom. The predicted molar refractivity (Wildman–Crippen MR) is 85.7 cm³/mol. The largest absolute Gasteiger partial charge is 0.494 e. The van der Waals surface area contributed by atoms with Gasteiger partial charge in [-0.2, -0.15) is 0 Å². The molecule has 0 aliphatic carbocycles. The van der Waals surface area contributed by atoms with Crippen molar-refractivity contribution in [1.29, 1.82) is 0 Å². The topological polar surface area (TPSA) is 60.5 Å². The van der Waals surface area contributed by atoms with Gasteiger partial charge in [0.25, 0.3) is 5.91 Å². The summed E-state index contributed by atoms with van der Waals surface area (Å²) in [4.78, 5) is 16.6. The van der Waals surface area contributed by atoms with Crippen LogP contribution in [-0.2, 0) is 0 Å². The number of pyridine rings is 1. The summed E-state index contributed by atoms with van der Waals surface area (Å²) in [5, 5.41) is 2.80. The molecule has 0 aliphatic heterocycles. The zero-order chi connectivity index (χ0) is 15.9. The van der Waals surface area contributed by atoms with Crippen LogP contribution in [0.25, 0.3) is 0 Å². The summed E-state index contributed by atoms with van der Waals surface area (Å²) in [5.74, 6) is 1.52. The van der Waals surface area contributed by atoms with Gasteiger partial charge in [0.2, 0.25) is 0 Å². The number of aromatic nitrogens is 1. The Morgan fingerprint density at radius 3 is 2.32 bits per heavy atom. The molecular weight excluding hydrogens is 280 g/mol. The van der Waals surface area contributed by atoms with Crippen LogP contribution >= 0.6 is 0 Å². The van der Waals surface area contributed by atoms with Crippen LogP contribution in [0.3, 0.4) is 0 Å². The third-order valence-electron chi connectivity index (χ3n) is 3.01. The molecule has 1 amide bonds. The maximum atomic E-state index is 12.4. The molecule has 0 spiro atoms. The minimum absolute atomic E-state index is 0.246. The fourth-order valence-electron chi connectivity index (χ4n) is 2.00. The van der Waals surface area contributed by atoms with Gasteiger partial charge in [0, 0.05) is 17.8 Å². The highest BCUT2D eigenvalue weighted by molar-refractivity contribution is 6.04. The van der Waals surface area contributed by atoms with Gasteiger partial charge in [-0.3, -0.25) is 4.79 Å². The molecule has 22 heavy (non-hydrogen) atoms. The maximum Gasteiger partial charge on any atom is 0.257 e. The molecule has 0 saturated carbocycles. The average Bonchev–Trinajstić information content (AvgIpc) is 2.50. The van der Waals surface area contributed by atoms with Crippen LogP contribution < -0.4 is 14.8 Å². The SMILES string of the molecule is CCOc1cc(OCC)cc(C(=O)Nc2ncccc2C)c1. The Hall–Kier alpha value is -2.56. The van der Waals surface area contributed by atoms with Crippen molar-refractivity contribution in [3.63, 3.8) is 0 Å². The highest BCUT2D eigenvalue weighted by atomic mass is 16.5. The fraction of sp³-hybridized carbons (Fsp3) is 0.294. The van der Waals surface area contributed by atoms with Gasteiger partial charge in [0.15, 0.2) is 0 Å². The highest BCUT2D eigenvalue weighted by Crippen LogP contribution is 2.24. The number of nitrogens with one attached hydrogen (secondary N) is 1. The number of ether oxygens (including phenoxy) is 2. The van der Waals surface area contributed by atoms with Crippen LogP contribution in [0.5, 0.6) is 11.5 Å². The first-order valence-corrected chi connectivity index (χ1v) is 7.27. The molecule has 116 valence electrons. The summed E-state index contributed by atoms with van der Waals surface area (Å²) < 4.78 is 11.0. The lowest BCUT2D eigenvalue weighted by Crippen LogP contribution is -2.14. The van der Waals surface area contributed by atoms with Crippen LogP contribution in [0.4, 0.5) is 5.82 Å². The van der Waals surface area contributed by atoms with E-state index >= 15 is 0 Å². The quantitative estimate of drug-likeness (QED) is 0.887. The van der Waals surface area contributed by atoms with Gasteiger partial charge in [0.05, 0.1) is 13.2 Å². The minimum atomic E-state index is -0.246. The van der Waals surface area contributed by atoms with Crippen LogP contribution in [0.1, 0.15) is 29.8 Å². The Bertz CT molecular complexity index is 632. The van der Waals surface area contributed by atoms with E-state index in [1.54, 1.807) is 24.4 Å². The van der Waals surface area contributed by atoms with E-state index in [0.29, 0.717) is 36.1 Å². The Labute approximate surface area is 130 Å². The molecule has 0 radical (unpaired) electrons. The molecule has 0 bridgehead atoms. The number of carbonyl (C=O) groups is 1. The molecule has 1 N–H and O–H groups in total. The van der Waals surface area contributed by atoms with Crippen LogP contribution in [0.15, 0.2) is 36.5 Å². The monoisotopic (exact) mass is 300 g/mol. The number of benzene rings is 1. The first kappa shape index (κ1) is 15.8. The van der Waals surface area contributed by atoms with Crippen molar-refractivity contribution in [2.75, 3.05) is 18.5 Å². The van der Waals surface area contributed by atoms with E-state index in [1.807, 2.05) is 32.9 Å². The van der Waals surface area contributed by atoms with Crippen LogP contribution in [0.2, 0.25) is 0 Å². The number of anilines is 1. The highest BCUT2D eigenvalue weighted by Gasteiger charge is 2.12. The van der Waals surface area contributed by atoms with Gasteiger partial charge in [-0.15, -0.1) is 0 Å². The van der Waals surface area contributed by atoms with Crippen molar-refractivity contribution in [2.24, 2.45) is 0 Å². The molecule has 0 saturated heterocycles. The molecule has 0 fully saturated rings.